The molecule has 7 heteroatoms. The number of anilines is 1. The van der Waals surface area contributed by atoms with E-state index in [9.17, 15) is 4.79 Å². The molecule has 0 radical (unpaired) electrons. The first-order valence-corrected chi connectivity index (χ1v) is 6.66. The molecule has 1 amide bonds. The number of nitrogens with zero attached hydrogens (tertiary/aromatic N) is 5. The minimum Gasteiger partial charge on any atom is -0.354 e. The van der Waals surface area contributed by atoms with Gasteiger partial charge in [0.15, 0.2) is 0 Å². The van der Waals surface area contributed by atoms with Crippen molar-refractivity contribution in [2.24, 2.45) is 0 Å². The van der Waals surface area contributed by atoms with Crippen molar-refractivity contribution < 1.29 is 4.79 Å². The van der Waals surface area contributed by atoms with Crippen molar-refractivity contribution >= 4 is 11.7 Å². The lowest BCUT2D eigenvalue weighted by Gasteiger charge is -2.34. The number of nitrogens with one attached hydrogen (secondary N) is 1. The summed E-state index contributed by atoms with van der Waals surface area (Å²) in [5, 5.41) is 11.1. The molecular weight excluding hydrogens is 256 g/mol. The second kappa shape index (κ2) is 7.40. The predicted octanol–water partition coefficient (Wildman–Crippen LogP) is -0.372. The normalized spacial score (nSPS) is 15.7. The minimum atomic E-state index is -0.0202. The summed E-state index contributed by atoms with van der Waals surface area (Å²) in [5.74, 6) is 0.860. The van der Waals surface area contributed by atoms with Crippen LogP contribution in [0.5, 0.6) is 0 Å². The van der Waals surface area contributed by atoms with Gasteiger partial charge in [0.25, 0.3) is 0 Å². The Morgan fingerprint density at radius 1 is 1.35 bits per heavy atom. The lowest BCUT2D eigenvalue weighted by Crippen LogP contribution is -2.49. The van der Waals surface area contributed by atoms with Gasteiger partial charge in [-0.25, -0.2) is 4.98 Å². The zero-order valence-electron chi connectivity index (χ0n) is 11.3. The van der Waals surface area contributed by atoms with E-state index in [2.05, 4.69) is 25.1 Å². The maximum Gasteiger partial charge on any atom is 0.234 e. The minimum absolute atomic E-state index is 0.0202. The van der Waals surface area contributed by atoms with E-state index in [-0.39, 0.29) is 5.91 Å². The third kappa shape index (κ3) is 4.17. The first-order valence-electron chi connectivity index (χ1n) is 6.66. The van der Waals surface area contributed by atoms with Gasteiger partial charge in [0.2, 0.25) is 5.91 Å². The second-order valence-corrected chi connectivity index (χ2v) is 4.58. The number of aromatic nitrogens is 2. The van der Waals surface area contributed by atoms with Crippen LogP contribution in [0, 0.1) is 11.3 Å². The standard InChI is InChI=1S/C13H18N6O/c14-2-1-3-17-13(20)11-18-6-8-19(9-7-18)12-10-15-4-5-16-12/h4-5,10H,1,3,6-9,11H2,(H,17,20). The molecule has 1 aromatic rings. The maximum atomic E-state index is 11.6. The van der Waals surface area contributed by atoms with Gasteiger partial charge in [0.1, 0.15) is 5.82 Å². The Kier molecular flexibility index (Phi) is 5.26. The van der Waals surface area contributed by atoms with Crippen LogP contribution in [0.3, 0.4) is 0 Å². The molecule has 1 fully saturated rings. The fourth-order valence-electron chi connectivity index (χ4n) is 2.11. The van der Waals surface area contributed by atoms with Gasteiger partial charge >= 0.3 is 0 Å². The van der Waals surface area contributed by atoms with E-state index in [0.717, 1.165) is 32.0 Å². The van der Waals surface area contributed by atoms with Crippen molar-refractivity contribution in [1.29, 1.82) is 5.26 Å². The van der Waals surface area contributed by atoms with Crippen LogP contribution in [0.15, 0.2) is 18.6 Å². The molecule has 2 heterocycles. The van der Waals surface area contributed by atoms with E-state index in [1.165, 1.54) is 0 Å². The number of hydrogen-bond donors (Lipinski definition) is 1. The Morgan fingerprint density at radius 3 is 2.80 bits per heavy atom. The highest BCUT2D eigenvalue weighted by atomic mass is 16.2. The van der Waals surface area contributed by atoms with E-state index < -0.39 is 0 Å². The summed E-state index contributed by atoms with van der Waals surface area (Å²) in [6.45, 7) is 4.13. The monoisotopic (exact) mass is 274 g/mol. The molecule has 0 atom stereocenters. The molecule has 1 N–H and O–H groups in total. The van der Waals surface area contributed by atoms with Crippen LogP contribution in [-0.4, -0.2) is 60.0 Å². The Labute approximate surface area is 118 Å². The van der Waals surface area contributed by atoms with Gasteiger partial charge in [0.05, 0.1) is 25.2 Å². The molecule has 20 heavy (non-hydrogen) atoms. The number of carbonyl (C=O) groups is 1. The molecule has 2 rings (SSSR count). The van der Waals surface area contributed by atoms with Crippen LogP contribution in [0.2, 0.25) is 0 Å². The van der Waals surface area contributed by atoms with Gasteiger partial charge in [-0.15, -0.1) is 0 Å². The van der Waals surface area contributed by atoms with Crippen LogP contribution in [0.1, 0.15) is 6.42 Å². The van der Waals surface area contributed by atoms with Crippen molar-refractivity contribution in [2.45, 2.75) is 6.42 Å². The average molecular weight is 274 g/mol. The summed E-state index contributed by atoms with van der Waals surface area (Å²) in [5.41, 5.74) is 0. The Balaban J connectivity index is 1.72. The van der Waals surface area contributed by atoms with E-state index in [0.29, 0.717) is 19.5 Å². The first kappa shape index (κ1) is 14.2. The maximum absolute atomic E-state index is 11.6. The smallest absolute Gasteiger partial charge is 0.234 e. The average Bonchev–Trinajstić information content (AvgIpc) is 2.49. The lowest BCUT2D eigenvalue weighted by atomic mass is 10.3. The molecule has 0 spiro atoms. The van der Waals surface area contributed by atoms with Gasteiger partial charge in [-0.3, -0.25) is 14.7 Å². The highest BCUT2D eigenvalue weighted by Gasteiger charge is 2.19. The van der Waals surface area contributed by atoms with Crippen LogP contribution in [0.25, 0.3) is 0 Å². The van der Waals surface area contributed by atoms with Gasteiger partial charge in [-0.2, -0.15) is 5.26 Å². The Morgan fingerprint density at radius 2 is 2.15 bits per heavy atom. The first-order chi connectivity index (χ1) is 9.79. The lowest BCUT2D eigenvalue weighted by molar-refractivity contribution is -0.122. The quantitative estimate of drug-likeness (QED) is 0.737. The molecule has 0 saturated carbocycles. The van der Waals surface area contributed by atoms with Gasteiger partial charge in [-0.05, 0) is 0 Å². The van der Waals surface area contributed by atoms with Crippen LogP contribution in [-0.2, 0) is 4.79 Å². The molecule has 0 bridgehead atoms. The molecule has 0 aliphatic carbocycles. The molecule has 1 aliphatic heterocycles. The van der Waals surface area contributed by atoms with Gasteiger partial charge in [-0.1, -0.05) is 0 Å². The number of carbonyl (C=O) groups excluding carboxylic acids is 1. The van der Waals surface area contributed by atoms with Gasteiger partial charge in [0, 0.05) is 45.1 Å². The summed E-state index contributed by atoms with van der Waals surface area (Å²) in [6.07, 6.45) is 5.45. The van der Waals surface area contributed by atoms with E-state index in [4.69, 9.17) is 5.26 Å². The van der Waals surface area contributed by atoms with Crippen molar-refractivity contribution in [3.8, 4) is 6.07 Å². The van der Waals surface area contributed by atoms with E-state index >= 15 is 0 Å². The summed E-state index contributed by atoms with van der Waals surface area (Å²) < 4.78 is 0. The molecule has 7 nitrogen and oxygen atoms in total. The summed E-state index contributed by atoms with van der Waals surface area (Å²) in [7, 11) is 0. The number of nitriles is 1. The van der Waals surface area contributed by atoms with Crippen molar-refractivity contribution in [1.82, 2.24) is 20.2 Å². The third-order valence-electron chi connectivity index (χ3n) is 3.17. The summed E-state index contributed by atoms with van der Waals surface area (Å²) in [4.78, 5) is 24.2. The topological polar surface area (TPSA) is 85.2 Å². The highest BCUT2D eigenvalue weighted by molar-refractivity contribution is 5.78. The van der Waals surface area contributed by atoms with Crippen LogP contribution in [0.4, 0.5) is 5.82 Å². The molecule has 0 aromatic carbocycles. The number of piperazine rings is 1. The SMILES string of the molecule is N#CCCNC(=O)CN1CCN(c2cnccn2)CC1. The zero-order valence-corrected chi connectivity index (χ0v) is 11.3. The fourth-order valence-corrected chi connectivity index (χ4v) is 2.11. The summed E-state index contributed by atoms with van der Waals surface area (Å²) in [6, 6.07) is 2.00. The number of rotatable bonds is 5. The Hall–Kier alpha value is -2.20. The molecular formula is C13H18N6O. The molecule has 1 aromatic heterocycles. The molecule has 0 unspecified atom stereocenters. The van der Waals surface area contributed by atoms with E-state index in [1.54, 1.807) is 18.6 Å². The van der Waals surface area contributed by atoms with Gasteiger partial charge < -0.3 is 10.2 Å². The molecule has 1 saturated heterocycles. The molecule has 106 valence electrons. The fraction of sp³-hybridized carbons (Fsp3) is 0.538. The summed E-state index contributed by atoms with van der Waals surface area (Å²) >= 11 is 0. The van der Waals surface area contributed by atoms with Crippen molar-refractivity contribution in [3.63, 3.8) is 0 Å². The molecule has 1 aliphatic rings. The zero-order chi connectivity index (χ0) is 14.2. The van der Waals surface area contributed by atoms with E-state index in [1.807, 2.05) is 6.07 Å². The van der Waals surface area contributed by atoms with Crippen LogP contribution >= 0.6 is 0 Å². The highest BCUT2D eigenvalue weighted by Crippen LogP contribution is 2.10. The Bertz CT molecular complexity index is 463. The number of amides is 1. The van der Waals surface area contributed by atoms with Crippen molar-refractivity contribution in [3.05, 3.63) is 18.6 Å². The van der Waals surface area contributed by atoms with Crippen molar-refractivity contribution in [2.75, 3.05) is 44.2 Å². The van der Waals surface area contributed by atoms with Crippen LogP contribution < -0.4 is 10.2 Å². The second-order valence-electron chi connectivity index (χ2n) is 4.58. The largest absolute Gasteiger partial charge is 0.354 e. The third-order valence-corrected chi connectivity index (χ3v) is 3.17. The number of hydrogen-bond acceptors (Lipinski definition) is 6. The predicted molar refractivity (Wildman–Crippen MR) is 73.9 cm³/mol.